The summed E-state index contributed by atoms with van der Waals surface area (Å²) >= 11 is 0. The van der Waals surface area contributed by atoms with E-state index in [4.69, 9.17) is 9.15 Å². The zero-order valence-corrected chi connectivity index (χ0v) is 13.2. The third-order valence-corrected chi connectivity index (χ3v) is 3.55. The second kappa shape index (κ2) is 7.00. The van der Waals surface area contributed by atoms with Gasteiger partial charge in [-0.2, -0.15) is 0 Å². The monoisotopic (exact) mass is 323 g/mol. The summed E-state index contributed by atoms with van der Waals surface area (Å²) in [5.74, 6) is 0.0951. The van der Waals surface area contributed by atoms with Gasteiger partial charge in [0.1, 0.15) is 18.0 Å². The summed E-state index contributed by atoms with van der Waals surface area (Å²) < 4.78 is 10.9. The molecule has 0 fully saturated rings. The minimum atomic E-state index is -0.415. The molecule has 0 unspecified atom stereocenters. The molecular weight excluding hydrogens is 306 g/mol. The molecule has 5 nitrogen and oxygen atoms in total. The summed E-state index contributed by atoms with van der Waals surface area (Å²) in [4.78, 5) is 23.0. The Balaban J connectivity index is 1.59. The molecule has 0 aliphatic carbocycles. The van der Waals surface area contributed by atoms with Gasteiger partial charge in [0, 0.05) is 18.9 Å². The van der Waals surface area contributed by atoms with Crippen LogP contribution in [0.15, 0.2) is 59.0 Å². The first-order valence-electron chi connectivity index (χ1n) is 7.60. The van der Waals surface area contributed by atoms with Crippen molar-refractivity contribution in [3.05, 3.63) is 71.5 Å². The van der Waals surface area contributed by atoms with Crippen LogP contribution in [0.25, 0.3) is 11.0 Å². The van der Waals surface area contributed by atoms with Crippen LogP contribution in [0.5, 0.6) is 0 Å². The van der Waals surface area contributed by atoms with Crippen molar-refractivity contribution in [2.24, 2.45) is 0 Å². The van der Waals surface area contributed by atoms with Crippen LogP contribution >= 0.6 is 0 Å². The normalized spacial score (nSPS) is 10.5. The molecule has 3 rings (SSSR count). The molecule has 24 heavy (non-hydrogen) atoms. The number of fused-ring (bicyclic) bond motifs is 1. The number of carbonyl (C=O) groups excluding carboxylic acids is 2. The van der Waals surface area contributed by atoms with Crippen molar-refractivity contribution in [3.63, 3.8) is 0 Å². The fourth-order valence-electron chi connectivity index (χ4n) is 2.31. The highest BCUT2D eigenvalue weighted by atomic mass is 16.5. The lowest BCUT2D eigenvalue weighted by molar-refractivity contribution is -0.119. The van der Waals surface area contributed by atoms with E-state index in [-0.39, 0.29) is 12.5 Å². The number of para-hydroxylation sites is 1. The topological polar surface area (TPSA) is 68.5 Å². The number of hydrogen-bond donors (Lipinski definition) is 1. The van der Waals surface area contributed by atoms with E-state index in [0.29, 0.717) is 17.9 Å². The zero-order chi connectivity index (χ0) is 16.9. The smallest absolute Gasteiger partial charge is 0.338 e. The summed E-state index contributed by atoms with van der Waals surface area (Å²) in [7, 11) is 0. The Bertz CT molecular complexity index is 831. The molecule has 1 amide bonds. The Labute approximate surface area is 139 Å². The van der Waals surface area contributed by atoms with Crippen molar-refractivity contribution in [2.75, 3.05) is 0 Å². The third kappa shape index (κ3) is 3.81. The molecule has 0 saturated heterocycles. The van der Waals surface area contributed by atoms with E-state index < -0.39 is 5.97 Å². The second-order valence-electron chi connectivity index (χ2n) is 5.43. The lowest BCUT2D eigenvalue weighted by Gasteiger charge is -2.05. The van der Waals surface area contributed by atoms with Crippen LogP contribution in [0.2, 0.25) is 0 Å². The van der Waals surface area contributed by atoms with Crippen molar-refractivity contribution < 1.29 is 18.7 Å². The standard InChI is InChI=1S/C19H17NO4/c1-13(21)20-11-14-6-8-15(9-7-14)19(22)23-12-17-10-16-4-2-3-5-18(16)24-17/h2-10H,11-12H2,1H3,(H,20,21). The molecule has 2 aromatic carbocycles. The van der Waals surface area contributed by atoms with Crippen molar-refractivity contribution in [3.8, 4) is 0 Å². The predicted molar refractivity (Wildman–Crippen MR) is 89.3 cm³/mol. The zero-order valence-electron chi connectivity index (χ0n) is 13.2. The predicted octanol–water partition coefficient (Wildman–Crippen LogP) is 3.43. The number of furan rings is 1. The highest BCUT2D eigenvalue weighted by molar-refractivity contribution is 5.89. The molecule has 1 aromatic heterocycles. The van der Waals surface area contributed by atoms with Gasteiger partial charge in [-0.1, -0.05) is 30.3 Å². The molecule has 1 heterocycles. The highest BCUT2D eigenvalue weighted by Crippen LogP contribution is 2.19. The van der Waals surface area contributed by atoms with E-state index in [1.165, 1.54) is 6.92 Å². The number of amides is 1. The minimum absolute atomic E-state index is 0.0845. The third-order valence-electron chi connectivity index (χ3n) is 3.55. The molecule has 0 atom stereocenters. The summed E-state index contributed by atoms with van der Waals surface area (Å²) in [6.45, 7) is 1.98. The van der Waals surface area contributed by atoms with E-state index >= 15 is 0 Å². The lowest BCUT2D eigenvalue weighted by Crippen LogP contribution is -2.18. The fourth-order valence-corrected chi connectivity index (χ4v) is 2.31. The molecule has 5 heteroatoms. The second-order valence-corrected chi connectivity index (χ2v) is 5.43. The lowest BCUT2D eigenvalue weighted by atomic mass is 10.1. The van der Waals surface area contributed by atoms with Gasteiger partial charge < -0.3 is 14.5 Å². The van der Waals surface area contributed by atoms with Gasteiger partial charge >= 0.3 is 5.97 Å². The Morgan fingerprint density at radius 3 is 2.54 bits per heavy atom. The molecule has 0 saturated carbocycles. The quantitative estimate of drug-likeness (QED) is 0.730. The number of nitrogens with one attached hydrogen (secondary N) is 1. The van der Waals surface area contributed by atoms with Crippen LogP contribution in [0.3, 0.4) is 0 Å². The molecule has 0 bridgehead atoms. The average molecular weight is 323 g/mol. The summed E-state index contributed by atoms with van der Waals surface area (Å²) in [5.41, 5.74) is 2.14. The highest BCUT2D eigenvalue weighted by Gasteiger charge is 2.10. The molecular formula is C19H17NO4. The maximum Gasteiger partial charge on any atom is 0.338 e. The van der Waals surface area contributed by atoms with Crippen LogP contribution in [-0.2, 0) is 22.7 Å². The van der Waals surface area contributed by atoms with Crippen molar-refractivity contribution in [1.29, 1.82) is 0 Å². The number of benzene rings is 2. The van der Waals surface area contributed by atoms with Crippen LogP contribution in [0, 0.1) is 0 Å². The number of ether oxygens (including phenoxy) is 1. The first-order chi connectivity index (χ1) is 11.6. The van der Waals surface area contributed by atoms with E-state index in [1.54, 1.807) is 24.3 Å². The van der Waals surface area contributed by atoms with Crippen LogP contribution in [-0.4, -0.2) is 11.9 Å². The first-order valence-corrected chi connectivity index (χ1v) is 7.60. The molecule has 0 aliphatic heterocycles. The Morgan fingerprint density at radius 1 is 1.08 bits per heavy atom. The maximum absolute atomic E-state index is 12.1. The van der Waals surface area contributed by atoms with Crippen LogP contribution < -0.4 is 5.32 Å². The summed E-state index contributed by atoms with van der Waals surface area (Å²) in [6.07, 6.45) is 0. The van der Waals surface area contributed by atoms with E-state index in [2.05, 4.69) is 5.32 Å². The van der Waals surface area contributed by atoms with Gasteiger partial charge in [-0.05, 0) is 29.8 Å². The van der Waals surface area contributed by atoms with E-state index in [1.807, 2.05) is 30.3 Å². The van der Waals surface area contributed by atoms with Crippen LogP contribution in [0.4, 0.5) is 0 Å². The number of rotatable bonds is 5. The largest absolute Gasteiger partial charge is 0.457 e. The number of carbonyl (C=O) groups is 2. The maximum atomic E-state index is 12.1. The molecule has 0 spiro atoms. The van der Waals surface area contributed by atoms with E-state index in [9.17, 15) is 9.59 Å². The molecule has 0 aliphatic rings. The first kappa shape index (κ1) is 15.8. The fraction of sp³-hybridized carbons (Fsp3) is 0.158. The van der Waals surface area contributed by atoms with Gasteiger partial charge in [-0.3, -0.25) is 4.79 Å². The van der Waals surface area contributed by atoms with Crippen molar-refractivity contribution in [1.82, 2.24) is 5.32 Å². The minimum Gasteiger partial charge on any atom is -0.457 e. The summed E-state index contributed by atoms with van der Waals surface area (Å²) in [6, 6.07) is 16.4. The van der Waals surface area contributed by atoms with Gasteiger partial charge in [0.05, 0.1) is 5.56 Å². The van der Waals surface area contributed by atoms with Gasteiger partial charge in [0.15, 0.2) is 0 Å². The SMILES string of the molecule is CC(=O)NCc1ccc(C(=O)OCc2cc3ccccc3o2)cc1. The molecule has 1 N–H and O–H groups in total. The molecule has 0 radical (unpaired) electrons. The van der Waals surface area contributed by atoms with Gasteiger partial charge in [0.25, 0.3) is 0 Å². The van der Waals surface area contributed by atoms with Gasteiger partial charge in [0.2, 0.25) is 5.91 Å². The Hall–Kier alpha value is -3.08. The number of esters is 1. The summed E-state index contributed by atoms with van der Waals surface area (Å²) in [5, 5.41) is 3.68. The van der Waals surface area contributed by atoms with Crippen molar-refractivity contribution in [2.45, 2.75) is 20.1 Å². The van der Waals surface area contributed by atoms with Crippen molar-refractivity contribution >= 4 is 22.8 Å². The van der Waals surface area contributed by atoms with E-state index in [0.717, 1.165) is 16.5 Å². The molecule has 122 valence electrons. The van der Waals surface area contributed by atoms with Crippen LogP contribution in [0.1, 0.15) is 28.6 Å². The average Bonchev–Trinajstić information content (AvgIpc) is 3.01. The van der Waals surface area contributed by atoms with Gasteiger partial charge in [-0.15, -0.1) is 0 Å². The Kier molecular flexibility index (Phi) is 4.61. The number of hydrogen-bond acceptors (Lipinski definition) is 4. The van der Waals surface area contributed by atoms with Gasteiger partial charge in [-0.25, -0.2) is 4.79 Å². The Morgan fingerprint density at radius 2 is 1.83 bits per heavy atom. The molecule has 3 aromatic rings.